The van der Waals surface area contributed by atoms with Crippen molar-refractivity contribution in [3.8, 4) is 11.3 Å². The van der Waals surface area contributed by atoms with Gasteiger partial charge in [0.05, 0.1) is 17.0 Å². The first kappa shape index (κ1) is 14.7. The summed E-state index contributed by atoms with van der Waals surface area (Å²) in [5.74, 6) is 0.821. The van der Waals surface area contributed by atoms with Gasteiger partial charge >= 0.3 is 0 Å². The number of aromatic nitrogens is 3. The van der Waals surface area contributed by atoms with Gasteiger partial charge in [-0.2, -0.15) is 5.10 Å². The van der Waals surface area contributed by atoms with Crippen LogP contribution in [0, 0.1) is 5.92 Å². The second-order valence-corrected chi connectivity index (χ2v) is 6.36. The number of thiazole rings is 1. The molecule has 108 valence electrons. The molecule has 0 amide bonds. The quantitative estimate of drug-likeness (QED) is 0.888. The van der Waals surface area contributed by atoms with Crippen molar-refractivity contribution in [2.24, 2.45) is 5.92 Å². The summed E-state index contributed by atoms with van der Waals surface area (Å²) in [6, 6.07) is 1.82. The van der Waals surface area contributed by atoms with Gasteiger partial charge in [0.25, 0.3) is 5.56 Å². The number of aromatic amines is 1. The number of nitrogens with one attached hydrogen (secondary N) is 2. The Kier molecular flexibility index (Phi) is 4.54. The van der Waals surface area contributed by atoms with E-state index >= 15 is 0 Å². The predicted octanol–water partition coefficient (Wildman–Crippen LogP) is 3.08. The number of H-pyrrole nitrogens is 1. The smallest absolute Gasteiger partial charge is 0.273 e. The Labute approximate surface area is 122 Å². The Hall–Kier alpha value is -1.69. The summed E-state index contributed by atoms with van der Waals surface area (Å²) in [5, 5.41) is 12.6. The van der Waals surface area contributed by atoms with Crippen LogP contribution in [0.15, 0.2) is 16.2 Å². The highest BCUT2D eigenvalue weighted by Crippen LogP contribution is 2.24. The van der Waals surface area contributed by atoms with Crippen molar-refractivity contribution in [1.82, 2.24) is 15.2 Å². The van der Waals surface area contributed by atoms with Crippen LogP contribution in [0.4, 0.5) is 5.13 Å². The summed E-state index contributed by atoms with van der Waals surface area (Å²) >= 11 is 1.51. The lowest BCUT2D eigenvalue weighted by Crippen LogP contribution is -2.13. The summed E-state index contributed by atoms with van der Waals surface area (Å²) in [6.07, 6.45) is 0. The van der Waals surface area contributed by atoms with Crippen LogP contribution < -0.4 is 10.9 Å². The van der Waals surface area contributed by atoms with Gasteiger partial charge in [0.15, 0.2) is 5.13 Å². The Bertz CT molecular complexity index is 630. The van der Waals surface area contributed by atoms with Crippen molar-refractivity contribution in [1.29, 1.82) is 0 Å². The van der Waals surface area contributed by atoms with E-state index in [4.69, 9.17) is 0 Å². The van der Waals surface area contributed by atoms with Gasteiger partial charge in [-0.1, -0.05) is 27.7 Å². The first-order valence-electron chi connectivity index (χ1n) is 6.76. The van der Waals surface area contributed by atoms with Crippen LogP contribution in [-0.2, 0) is 0 Å². The average Bonchev–Trinajstić information content (AvgIpc) is 2.85. The van der Waals surface area contributed by atoms with Crippen LogP contribution in [0.2, 0.25) is 0 Å². The number of nitrogens with zero attached hydrogens (tertiary/aromatic N) is 2. The van der Waals surface area contributed by atoms with Crippen LogP contribution in [0.3, 0.4) is 0 Å². The largest absolute Gasteiger partial charge is 0.361 e. The third-order valence-corrected chi connectivity index (χ3v) is 3.66. The number of hydrogen-bond donors (Lipinski definition) is 2. The highest BCUT2D eigenvalue weighted by atomic mass is 32.1. The highest BCUT2D eigenvalue weighted by Gasteiger charge is 2.11. The van der Waals surface area contributed by atoms with E-state index in [1.807, 2.05) is 25.3 Å². The Morgan fingerprint density at radius 3 is 2.75 bits per heavy atom. The summed E-state index contributed by atoms with van der Waals surface area (Å²) in [4.78, 5) is 16.4. The van der Waals surface area contributed by atoms with Crippen molar-refractivity contribution in [3.05, 3.63) is 27.5 Å². The summed E-state index contributed by atoms with van der Waals surface area (Å²) in [5.41, 5.74) is 1.95. The van der Waals surface area contributed by atoms with E-state index in [0.717, 1.165) is 17.4 Å². The molecule has 0 atom stereocenters. The van der Waals surface area contributed by atoms with Crippen LogP contribution in [0.25, 0.3) is 11.3 Å². The zero-order chi connectivity index (χ0) is 14.7. The molecule has 2 heterocycles. The molecule has 0 fully saturated rings. The third-order valence-electron chi connectivity index (χ3n) is 2.86. The summed E-state index contributed by atoms with van der Waals surface area (Å²) < 4.78 is 0. The Morgan fingerprint density at radius 2 is 2.10 bits per heavy atom. The van der Waals surface area contributed by atoms with Gasteiger partial charge in [-0.3, -0.25) is 4.79 Å². The van der Waals surface area contributed by atoms with Gasteiger partial charge in [-0.15, -0.1) is 11.3 Å². The van der Waals surface area contributed by atoms with E-state index in [1.165, 1.54) is 11.3 Å². The number of rotatable bonds is 5. The Morgan fingerprint density at radius 1 is 1.35 bits per heavy atom. The molecule has 0 unspecified atom stereocenters. The van der Waals surface area contributed by atoms with Gasteiger partial charge in [0.1, 0.15) is 0 Å². The standard InChI is InChI=1S/C14H20N4OS/c1-8(2)6-15-14-16-12(7-20-14)10-5-11(9(3)4)17-18-13(10)19/h5,7-9H,6H2,1-4H3,(H,15,16)(H,18,19). The lowest BCUT2D eigenvalue weighted by Gasteiger charge is -2.05. The van der Waals surface area contributed by atoms with Crippen molar-refractivity contribution in [3.63, 3.8) is 0 Å². The van der Waals surface area contributed by atoms with Crippen molar-refractivity contribution in [2.45, 2.75) is 33.6 Å². The zero-order valence-corrected chi connectivity index (χ0v) is 13.0. The molecule has 2 N–H and O–H groups in total. The van der Waals surface area contributed by atoms with Gasteiger partial charge in [-0.05, 0) is 17.9 Å². The zero-order valence-electron chi connectivity index (χ0n) is 12.2. The lowest BCUT2D eigenvalue weighted by atomic mass is 10.1. The monoisotopic (exact) mass is 292 g/mol. The topological polar surface area (TPSA) is 70.7 Å². The van der Waals surface area contributed by atoms with Gasteiger partial charge < -0.3 is 5.32 Å². The number of hydrogen-bond acceptors (Lipinski definition) is 5. The molecule has 0 aliphatic rings. The molecule has 6 heteroatoms. The minimum Gasteiger partial charge on any atom is -0.361 e. The first-order valence-corrected chi connectivity index (χ1v) is 7.64. The van der Waals surface area contributed by atoms with Crippen molar-refractivity contribution < 1.29 is 0 Å². The maximum absolute atomic E-state index is 11.9. The molecule has 0 aromatic carbocycles. The SMILES string of the molecule is CC(C)CNc1nc(-c2cc(C(C)C)n[nH]c2=O)cs1. The van der Waals surface area contributed by atoms with Crippen LogP contribution in [0.1, 0.15) is 39.3 Å². The molecule has 2 aromatic rings. The molecule has 0 spiro atoms. The molecule has 0 saturated carbocycles. The van der Waals surface area contributed by atoms with E-state index in [2.05, 4.69) is 34.3 Å². The fourth-order valence-corrected chi connectivity index (χ4v) is 2.40. The molecule has 2 rings (SSSR count). The van der Waals surface area contributed by atoms with Gasteiger partial charge in [0.2, 0.25) is 0 Å². The number of anilines is 1. The molecule has 0 aliphatic carbocycles. The molecule has 5 nitrogen and oxygen atoms in total. The van der Waals surface area contributed by atoms with E-state index in [-0.39, 0.29) is 11.5 Å². The molecular weight excluding hydrogens is 272 g/mol. The fraction of sp³-hybridized carbons (Fsp3) is 0.500. The lowest BCUT2D eigenvalue weighted by molar-refractivity contribution is 0.688. The molecule has 0 saturated heterocycles. The van der Waals surface area contributed by atoms with E-state index in [0.29, 0.717) is 17.2 Å². The fourth-order valence-electron chi connectivity index (χ4n) is 1.68. The van der Waals surface area contributed by atoms with Crippen molar-refractivity contribution in [2.75, 3.05) is 11.9 Å². The third kappa shape index (κ3) is 3.45. The van der Waals surface area contributed by atoms with Gasteiger partial charge in [0, 0.05) is 11.9 Å². The normalized spacial score (nSPS) is 11.3. The van der Waals surface area contributed by atoms with Crippen molar-refractivity contribution >= 4 is 16.5 Å². The second-order valence-electron chi connectivity index (χ2n) is 5.50. The van der Waals surface area contributed by atoms with Crippen LogP contribution >= 0.6 is 11.3 Å². The second kappa shape index (κ2) is 6.17. The molecule has 0 aliphatic heterocycles. The highest BCUT2D eigenvalue weighted by molar-refractivity contribution is 7.14. The van der Waals surface area contributed by atoms with E-state index < -0.39 is 0 Å². The molecule has 0 bridgehead atoms. The van der Waals surface area contributed by atoms with E-state index in [9.17, 15) is 4.79 Å². The minimum absolute atomic E-state index is 0.199. The molecule has 20 heavy (non-hydrogen) atoms. The molecular formula is C14H20N4OS. The summed E-state index contributed by atoms with van der Waals surface area (Å²) in [6.45, 7) is 9.24. The van der Waals surface area contributed by atoms with Crippen LogP contribution in [0.5, 0.6) is 0 Å². The first-order chi connectivity index (χ1) is 9.47. The predicted molar refractivity (Wildman–Crippen MR) is 83.4 cm³/mol. The van der Waals surface area contributed by atoms with E-state index in [1.54, 1.807) is 0 Å². The maximum Gasteiger partial charge on any atom is 0.273 e. The minimum atomic E-state index is -0.199. The molecule has 2 aromatic heterocycles. The van der Waals surface area contributed by atoms with Crippen LogP contribution in [-0.4, -0.2) is 21.7 Å². The Balaban J connectivity index is 2.27. The molecule has 0 radical (unpaired) electrons. The maximum atomic E-state index is 11.9. The average molecular weight is 292 g/mol. The summed E-state index contributed by atoms with van der Waals surface area (Å²) in [7, 11) is 0. The van der Waals surface area contributed by atoms with Gasteiger partial charge in [-0.25, -0.2) is 10.1 Å².